The summed E-state index contributed by atoms with van der Waals surface area (Å²) in [5.41, 5.74) is 2.33. The maximum absolute atomic E-state index is 9.89. The van der Waals surface area contributed by atoms with Crippen LogP contribution in [0.25, 0.3) is 5.82 Å². The van der Waals surface area contributed by atoms with Crippen LogP contribution in [0.15, 0.2) is 48.8 Å². The molecular weight excluding hydrogens is 330 g/mol. The predicted molar refractivity (Wildman–Crippen MR) is 103 cm³/mol. The topological polar surface area (TPSA) is 41.3 Å². The Kier molecular flexibility index (Phi) is 5.68. The highest BCUT2D eigenvalue weighted by Crippen LogP contribution is 2.20. The maximum Gasteiger partial charge on any atom is 0.136 e. The van der Waals surface area contributed by atoms with Crippen molar-refractivity contribution in [2.45, 2.75) is 40.0 Å². The predicted octanol–water partition coefficient (Wildman–Crippen LogP) is 3.93. The Morgan fingerprint density at radius 2 is 2.00 bits per heavy atom. The molecule has 0 aliphatic carbocycles. The fourth-order valence-corrected chi connectivity index (χ4v) is 3.88. The summed E-state index contributed by atoms with van der Waals surface area (Å²) in [4.78, 5) is 9.46. The van der Waals surface area contributed by atoms with E-state index in [4.69, 9.17) is 0 Å². The minimum absolute atomic E-state index is 0.359. The van der Waals surface area contributed by atoms with E-state index in [-0.39, 0.29) is 6.10 Å². The molecule has 132 valence electrons. The zero-order valence-corrected chi connectivity index (χ0v) is 15.8. The lowest BCUT2D eigenvalue weighted by molar-refractivity contribution is 0.117. The van der Waals surface area contributed by atoms with E-state index in [0.717, 1.165) is 24.5 Å². The molecule has 1 unspecified atom stereocenters. The highest BCUT2D eigenvalue weighted by atomic mass is 32.1. The maximum atomic E-state index is 9.89. The normalized spacial score (nSPS) is 12.7. The van der Waals surface area contributed by atoms with Crippen LogP contribution in [0.4, 0.5) is 0 Å². The van der Waals surface area contributed by atoms with Crippen molar-refractivity contribution < 1.29 is 5.11 Å². The third-order valence-electron chi connectivity index (χ3n) is 4.06. The third-order valence-corrected chi connectivity index (χ3v) is 5.04. The Balaban J connectivity index is 1.80. The van der Waals surface area contributed by atoms with Gasteiger partial charge in [-0.25, -0.2) is 4.98 Å². The average molecular weight is 356 g/mol. The van der Waals surface area contributed by atoms with Crippen molar-refractivity contribution in [1.29, 1.82) is 0 Å². The summed E-state index contributed by atoms with van der Waals surface area (Å²) in [7, 11) is 0. The first-order valence-electron chi connectivity index (χ1n) is 8.56. The first kappa shape index (κ1) is 17.9. The quantitative estimate of drug-likeness (QED) is 0.698. The molecule has 1 atom stereocenters. The minimum Gasteiger partial charge on any atom is -0.392 e. The van der Waals surface area contributed by atoms with Gasteiger partial charge in [0.25, 0.3) is 0 Å². The second kappa shape index (κ2) is 7.95. The summed E-state index contributed by atoms with van der Waals surface area (Å²) in [6.45, 7) is 8.26. The lowest BCUT2D eigenvalue weighted by Gasteiger charge is -2.24. The molecule has 0 aliphatic heterocycles. The van der Waals surface area contributed by atoms with Gasteiger partial charge in [0.05, 0.1) is 6.10 Å². The fraction of sp³-hybridized carbons (Fsp3) is 0.350. The third kappa shape index (κ3) is 4.78. The highest BCUT2D eigenvalue weighted by molar-refractivity contribution is 7.11. The van der Waals surface area contributed by atoms with Gasteiger partial charge in [-0.1, -0.05) is 6.07 Å². The van der Waals surface area contributed by atoms with Gasteiger partial charge < -0.3 is 9.67 Å². The van der Waals surface area contributed by atoms with Crippen LogP contribution in [0, 0.1) is 13.8 Å². The number of hydrogen-bond donors (Lipinski definition) is 1. The Morgan fingerprint density at radius 1 is 1.16 bits per heavy atom. The van der Waals surface area contributed by atoms with Crippen LogP contribution in [0.3, 0.4) is 0 Å². The van der Waals surface area contributed by atoms with Gasteiger partial charge >= 0.3 is 0 Å². The average Bonchev–Trinajstić information content (AvgIpc) is 3.17. The van der Waals surface area contributed by atoms with Crippen molar-refractivity contribution in [3.05, 3.63) is 69.8 Å². The molecule has 4 nitrogen and oxygen atoms in total. The molecule has 3 aromatic rings. The van der Waals surface area contributed by atoms with E-state index in [9.17, 15) is 5.11 Å². The van der Waals surface area contributed by atoms with E-state index >= 15 is 0 Å². The molecule has 3 aromatic heterocycles. The number of hydrogen-bond acceptors (Lipinski definition) is 4. The van der Waals surface area contributed by atoms with Gasteiger partial charge in [-0.05, 0) is 56.7 Å². The summed E-state index contributed by atoms with van der Waals surface area (Å²) >= 11 is 1.82. The summed E-state index contributed by atoms with van der Waals surface area (Å²) in [6.07, 6.45) is 3.58. The number of aryl methyl sites for hydroxylation is 2. The van der Waals surface area contributed by atoms with Gasteiger partial charge in [-0.3, -0.25) is 4.90 Å². The molecule has 0 aromatic carbocycles. The number of rotatable bonds is 7. The van der Waals surface area contributed by atoms with Crippen LogP contribution in [0.2, 0.25) is 0 Å². The minimum atomic E-state index is -0.359. The molecule has 1 N–H and O–H groups in total. The van der Waals surface area contributed by atoms with Crippen molar-refractivity contribution in [2.75, 3.05) is 6.54 Å². The van der Waals surface area contributed by atoms with Gasteiger partial charge in [-0.15, -0.1) is 11.3 Å². The first-order valence-corrected chi connectivity index (χ1v) is 9.38. The van der Waals surface area contributed by atoms with Crippen molar-refractivity contribution >= 4 is 11.3 Å². The monoisotopic (exact) mass is 355 g/mol. The summed E-state index contributed by atoms with van der Waals surface area (Å²) < 4.78 is 2.12. The van der Waals surface area contributed by atoms with Crippen molar-refractivity contribution in [1.82, 2.24) is 14.5 Å². The van der Waals surface area contributed by atoms with Crippen LogP contribution in [0.5, 0.6) is 0 Å². The second-order valence-electron chi connectivity index (χ2n) is 6.59. The molecule has 25 heavy (non-hydrogen) atoms. The Labute approximate surface area is 153 Å². The van der Waals surface area contributed by atoms with E-state index in [0.29, 0.717) is 6.54 Å². The molecule has 0 amide bonds. The number of aromatic nitrogens is 2. The molecular formula is C20H25N3OS. The fourth-order valence-electron chi connectivity index (χ4n) is 2.95. The van der Waals surface area contributed by atoms with Gasteiger partial charge in [0.1, 0.15) is 5.82 Å². The molecule has 0 radical (unpaired) electrons. The van der Waals surface area contributed by atoms with Gasteiger partial charge in [-0.2, -0.15) is 0 Å². The second-order valence-corrected chi connectivity index (χ2v) is 7.97. The Morgan fingerprint density at radius 3 is 2.64 bits per heavy atom. The van der Waals surface area contributed by atoms with E-state index in [1.54, 1.807) is 0 Å². The number of thiophene rings is 1. The number of pyridine rings is 1. The lowest BCUT2D eigenvalue weighted by atomic mass is 10.3. The zero-order chi connectivity index (χ0) is 17.8. The van der Waals surface area contributed by atoms with Crippen LogP contribution in [-0.2, 0) is 13.1 Å². The smallest absolute Gasteiger partial charge is 0.136 e. The van der Waals surface area contributed by atoms with Crippen LogP contribution >= 0.6 is 11.3 Å². The van der Waals surface area contributed by atoms with E-state index in [1.807, 2.05) is 49.7 Å². The molecule has 5 heteroatoms. The molecule has 3 heterocycles. The van der Waals surface area contributed by atoms with Crippen LogP contribution < -0.4 is 0 Å². The number of aliphatic hydroxyl groups excluding tert-OH is 1. The molecule has 0 saturated carbocycles. The van der Waals surface area contributed by atoms with Crippen molar-refractivity contribution in [2.24, 2.45) is 0 Å². The first-order chi connectivity index (χ1) is 12.0. The molecule has 3 rings (SSSR count). The van der Waals surface area contributed by atoms with Crippen molar-refractivity contribution in [3.63, 3.8) is 0 Å². The van der Waals surface area contributed by atoms with Crippen LogP contribution in [0.1, 0.15) is 27.9 Å². The SMILES string of the molecule is Cc1ccc(-n2cccc2CN(Cc2ccc(C)s2)CC(C)O)nc1. The summed E-state index contributed by atoms with van der Waals surface area (Å²) in [5.74, 6) is 0.926. The highest BCUT2D eigenvalue weighted by Gasteiger charge is 2.14. The molecule has 0 bridgehead atoms. The Hall–Kier alpha value is -1.95. The zero-order valence-electron chi connectivity index (χ0n) is 15.0. The Bertz CT molecular complexity index is 804. The van der Waals surface area contributed by atoms with Crippen molar-refractivity contribution in [3.8, 4) is 5.82 Å². The van der Waals surface area contributed by atoms with Gasteiger partial charge in [0.2, 0.25) is 0 Å². The van der Waals surface area contributed by atoms with Gasteiger partial charge in [0.15, 0.2) is 0 Å². The summed E-state index contributed by atoms with van der Waals surface area (Å²) in [6, 6.07) is 12.6. The molecule has 0 fully saturated rings. The van der Waals surface area contributed by atoms with E-state index in [1.165, 1.54) is 15.4 Å². The molecule has 0 saturated heterocycles. The van der Waals surface area contributed by atoms with E-state index < -0.39 is 0 Å². The largest absolute Gasteiger partial charge is 0.392 e. The molecule has 0 aliphatic rings. The number of aliphatic hydroxyl groups is 1. The van der Waals surface area contributed by atoms with Gasteiger partial charge in [0, 0.05) is 47.5 Å². The van der Waals surface area contributed by atoms with E-state index in [2.05, 4.69) is 45.6 Å². The number of nitrogens with zero attached hydrogens (tertiary/aromatic N) is 3. The van der Waals surface area contributed by atoms with Crippen LogP contribution in [-0.4, -0.2) is 32.2 Å². The molecule has 0 spiro atoms. The lowest BCUT2D eigenvalue weighted by Crippen LogP contribution is -2.30. The standard InChI is InChI=1S/C20H25N3OS/c1-15-6-9-20(21-11-15)23-10-4-5-18(23)13-22(12-16(2)24)14-19-8-7-17(3)25-19/h4-11,16,24H,12-14H2,1-3H3. The summed E-state index contributed by atoms with van der Waals surface area (Å²) in [5, 5.41) is 9.89.